The molecule has 0 spiro atoms. The summed E-state index contributed by atoms with van der Waals surface area (Å²) in [6.45, 7) is 0. The van der Waals surface area contributed by atoms with Crippen LogP contribution in [0.3, 0.4) is 0 Å². The summed E-state index contributed by atoms with van der Waals surface area (Å²) in [7, 11) is 0. The van der Waals surface area contributed by atoms with Gasteiger partial charge in [-0.25, -0.2) is 0 Å². The van der Waals surface area contributed by atoms with E-state index in [1.807, 2.05) is 0 Å². The van der Waals surface area contributed by atoms with E-state index >= 15 is 0 Å². The van der Waals surface area contributed by atoms with Crippen LogP contribution >= 0.6 is 23.2 Å². The van der Waals surface area contributed by atoms with E-state index in [2.05, 4.69) is 5.10 Å². The maximum atomic E-state index is 12.0. The average Bonchev–Trinajstić information content (AvgIpc) is 2.29. The Hall–Kier alpha value is -0.420. The molecule has 0 unspecified atom stereocenters. The molecule has 1 heterocycles. The minimum atomic E-state index is -4.52. The SMILES string of the molecule is FC(F)(F)c1nn(CCl)cc1Cl. The zero-order valence-corrected chi connectivity index (χ0v) is 7.08. The Balaban J connectivity index is 3.08. The van der Waals surface area contributed by atoms with E-state index < -0.39 is 16.9 Å². The summed E-state index contributed by atoms with van der Waals surface area (Å²) in [5.41, 5.74) is -1.11. The standard InChI is InChI=1S/C5H3Cl2F3N2/c6-2-12-1-3(7)4(11-12)5(8,9)10/h1H,2H2. The highest BCUT2D eigenvalue weighted by molar-refractivity contribution is 6.31. The maximum absolute atomic E-state index is 12.0. The molecule has 0 atom stereocenters. The zero-order valence-electron chi connectivity index (χ0n) is 5.57. The van der Waals surface area contributed by atoms with Crippen molar-refractivity contribution in [1.29, 1.82) is 0 Å². The highest BCUT2D eigenvalue weighted by atomic mass is 35.5. The van der Waals surface area contributed by atoms with E-state index in [0.717, 1.165) is 10.9 Å². The number of alkyl halides is 4. The lowest BCUT2D eigenvalue weighted by Crippen LogP contribution is -2.07. The molecule has 0 bridgehead atoms. The van der Waals surface area contributed by atoms with E-state index in [0.29, 0.717) is 0 Å². The molecule has 0 saturated heterocycles. The number of aromatic nitrogens is 2. The number of halogens is 5. The number of hydrogen-bond acceptors (Lipinski definition) is 1. The van der Waals surface area contributed by atoms with Crippen LogP contribution in [0.1, 0.15) is 5.69 Å². The molecule has 0 aliphatic heterocycles. The van der Waals surface area contributed by atoms with Gasteiger partial charge in [-0.15, -0.1) is 11.6 Å². The van der Waals surface area contributed by atoms with E-state index in [4.69, 9.17) is 23.2 Å². The Kier molecular flexibility index (Phi) is 2.53. The molecular formula is C5H3Cl2F3N2. The van der Waals surface area contributed by atoms with Gasteiger partial charge in [-0.1, -0.05) is 11.6 Å². The molecule has 12 heavy (non-hydrogen) atoms. The second-order valence-electron chi connectivity index (χ2n) is 1.98. The third-order valence-corrected chi connectivity index (χ3v) is 1.63. The molecule has 0 amide bonds. The Morgan fingerprint density at radius 3 is 2.33 bits per heavy atom. The smallest absolute Gasteiger partial charge is 0.256 e. The molecule has 0 N–H and O–H groups in total. The maximum Gasteiger partial charge on any atom is 0.436 e. The predicted molar refractivity (Wildman–Crippen MR) is 38.1 cm³/mol. The lowest BCUT2D eigenvalue weighted by Gasteiger charge is -2.00. The quantitative estimate of drug-likeness (QED) is 0.664. The summed E-state index contributed by atoms with van der Waals surface area (Å²) in [5.74, 6) is 0. The minimum Gasteiger partial charge on any atom is -0.256 e. The molecule has 68 valence electrons. The molecular weight excluding hydrogens is 216 g/mol. The van der Waals surface area contributed by atoms with Gasteiger partial charge in [0.2, 0.25) is 0 Å². The van der Waals surface area contributed by atoms with E-state index in [-0.39, 0.29) is 6.00 Å². The number of hydrogen-bond donors (Lipinski definition) is 0. The van der Waals surface area contributed by atoms with Gasteiger partial charge in [0.25, 0.3) is 0 Å². The molecule has 0 aromatic carbocycles. The third-order valence-electron chi connectivity index (χ3n) is 1.11. The minimum absolute atomic E-state index is 0.157. The molecule has 0 aliphatic rings. The molecule has 1 aromatic rings. The average molecular weight is 219 g/mol. The Labute approximate surface area is 75.9 Å². The normalized spacial score (nSPS) is 12.1. The van der Waals surface area contributed by atoms with Crippen molar-refractivity contribution in [2.45, 2.75) is 12.2 Å². The van der Waals surface area contributed by atoms with Crippen LogP contribution in [0.4, 0.5) is 13.2 Å². The number of rotatable bonds is 1. The fourth-order valence-corrected chi connectivity index (χ4v) is 1.03. The van der Waals surface area contributed by atoms with Crippen molar-refractivity contribution in [2.75, 3.05) is 0 Å². The van der Waals surface area contributed by atoms with Crippen molar-refractivity contribution in [3.63, 3.8) is 0 Å². The van der Waals surface area contributed by atoms with Gasteiger partial charge < -0.3 is 0 Å². The Bertz CT molecular complexity index is 281. The molecule has 0 saturated carbocycles. The second-order valence-corrected chi connectivity index (χ2v) is 2.63. The highest BCUT2D eigenvalue weighted by Gasteiger charge is 2.36. The monoisotopic (exact) mass is 218 g/mol. The topological polar surface area (TPSA) is 17.8 Å². The molecule has 2 nitrogen and oxygen atoms in total. The van der Waals surface area contributed by atoms with Gasteiger partial charge in [-0.2, -0.15) is 18.3 Å². The first kappa shape index (κ1) is 9.67. The van der Waals surface area contributed by atoms with E-state index in [1.54, 1.807) is 0 Å². The fraction of sp³-hybridized carbons (Fsp3) is 0.400. The zero-order chi connectivity index (χ0) is 9.35. The van der Waals surface area contributed by atoms with Crippen molar-refractivity contribution in [2.24, 2.45) is 0 Å². The summed E-state index contributed by atoms with van der Waals surface area (Å²) >= 11 is 10.5. The largest absolute Gasteiger partial charge is 0.436 e. The van der Waals surface area contributed by atoms with Crippen LogP contribution in [0.5, 0.6) is 0 Å². The van der Waals surface area contributed by atoms with Gasteiger partial charge in [0.1, 0.15) is 6.00 Å². The van der Waals surface area contributed by atoms with Crippen LogP contribution < -0.4 is 0 Å². The van der Waals surface area contributed by atoms with Gasteiger partial charge in [0.05, 0.1) is 5.02 Å². The molecule has 0 aliphatic carbocycles. The van der Waals surface area contributed by atoms with Crippen molar-refractivity contribution in [3.05, 3.63) is 16.9 Å². The molecule has 7 heteroatoms. The fourth-order valence-electron chi connectivity index (χ4n) is 0.650. The van der Waals surface area contributed by atoms with Crippen LogP contribution in [-0.2, 0) is 12.2 Å². The lowest BCUT2D eigenvalue weighted by molar-refractivity contribution is -0.141. The highest BCUT2D eigenvalue weighted by Crippen LogP contribution is 2.33. The summed E-state index contributed by atoms with van der Waals surface area (Å²) in [6.07, 6.45) is -3.49. The third kappa shape index (κ3) is 1.84. The van der Waals surface area contributed by atoms with Gasteiger partial charge in [0.15, 0.2) is 5.69 Å². The summed E-state index contributed by atoms with van der Waals surface area (Å²) < 4.78 is 36.9. The van der Waals surface area contributed by atoms with Gasteiger partial charge in [0, 0.05) is 6.20 Å². The molecule has 0 fully saturated rings. The predicted octanol–water partition coefficient (Wildman–Crippen LogP) is 2.75. The van der Waals surface area contributed by atoms with Crippen molar-refractivity contribution in [3.8, 4) is 0 Å². The first-order valence-electron chi connectivity index (χ1n) is 2.81. The van der Waals surface area contributed by atoms with Crippen molar-refractivity contribution >= 4 is 23.2 Å². The van der Waals surface area contributed by atoms with Crippen LogP contribution in [0.25, 0.3) is 0 Å². The van der Waals surface area contributed by atoms with Crippen LogP contribution in [0, 0.1) is 0 Å². The van der Waals surface area contributed by atoms with Crippen LogP contribution in [-0.4, -0.2) is 9.78 Å². The van der Waals surface area contributed by atoms with Crippen LogP contribution in [0.15, 0.2) is 6.20 Å². The summed E-state index contributed by atoms with van der Waals surface area (Å²) in [5, 5.41) is 2.69. The van der Waals surface area contributed by atoms with Crippen molar-refractivity contribution < 1.29 is 13.2 Å². The Morgan fingerprint density at radius 2 is 2.08 bits per heavy atom. The van der Waals surface area contributed by atoms with Crippen LogP contribution in [0.2, 0.25) is 5.02 Å². The molecule has 0 radical (unpaired) electrons. The van der Waals surface area contributed by atoms with Gasteiger partial charge in [-0.3, -0.25) is 4.68 Å². The number of nitrogens with zero attached hydrogens (tertiary/aromatic N) is 2. The molecule has 1 aromatic heterocycles. The first-order chi connectivity index (χ1) is 5.45. The van der Waals surface area contributed by atoms with E-state index in [9.17, 15) is 13.2 Å². The van der Waals surface area contributed by atoms with Crippen molar-refractivity contribution in [1.82, 2.24) is 9.78 Å². The van der Waals surface area contributed by atoms with Gasteiger partial charge in [-0.05, 0) is 0 Å². The Morgan fingerprint density at radius 1 is 1.50 bits per heavy atom. The lowest BCUT2D eigenvalue weighted by atomic mass is 10.4. The van der Waals surface area contributed by atoms with Gasteiger partial charge >= 0.3 is 6.18 Å². The first-order valence-corrected chi connectivity index (χ1v) is 3.72. The summed E-state index contributed by atoms with van der Waals surface area (Å²) in [4.78, 5) is 0. The van der Waals surface area contributed by atoms with E-state index in [1.165, 1.54) is 0 Å². The molecule has 1 rings (SSSR count). The second kappa shape index (κ2) is 3.14. The summed E-state index contributed by atoms with van der Waals surface area (Å²) in [6, 6.07) is -0.157.